The number of hydrogen-bond acceptors (Lipinski definition) is 9. The summed E-state index contributed by atoms with van der Waals surface area (Å²) in [5.74, 6) is 0.653. The normalized spacial score (nSPS) is 14.4. The second-order valence-electron chi connectivity index (χ2n) is 7.84. The van der Waals surface area contributed by atoms with Gasteiger partial charge in [0.2, 0.25) is 11.8 Å². The van der Waals surface area contributed by atoms with Gasteiger partial charge in [-0.3, -0.25) is 0 Å². The lowest BCUT2D eigenvalue weighted by atomic mass is 10.1. The van der Waals surface area contributed by atoms with E-state index in [4.69, 9.17) is 15.2 Å². The average Bonchev–Trinajstić information content (AvgIpc) is 2.80. The summed E-state index contributed by atoms with van der Waals surface area (Å²) in [5.41, 5.74) is 4.97. The Morgan fingerprint density at radius 1 is 1.15 bits per heavy atom. The van der Waals surface area contributed by atoms with Gasteiger partial charge in [-0.25, -0.2) is 15.0 Å². The Labute approximate surface area is 194 Å². The summed E-state index contributed by atoms with van der Waals surface area (Å²) < 4.78 is 52.5. The smallest absolute Gasteiger partial charge is 0.417 e. The first kappa shape index (κ1) is 23.5. The number of pyridine rings is 2. The van der Waals surface area contributed by atoms with E-state index < -0.39 is 11.7 Å². The molecule has 0 unspecified atom stereocenters. The number of nitrogens with two attached hydrogens (primary N) is 1. The highest BCUT2D eigenvalue weighted by Gasteiger charge is 2.35. The monoisotopic (exact) mass is 475 g/mol. The summed E-state index contributed by atoms with van der Waals surface area (Å²) in [7, 11) is 0. The van der Waals surface area contributed by atoms with Crippen molar-refractivity contribution >= 4 is 23.3 Å². The summed E-state index contributed by atoms with van der Waals surface area (Å²) in [6.45, 7) is 5.66. The average molecular weight is 475 g/mol. The molecule has 0 bridgehead atoms. The number of nitrogen functional groups attached to an aromatic ring is 1. The molecule has 3 aromatic rings. The molecule has 1 saturated heterocycles. The molecule has 0 aliphatic carbocycles. The van der Waals surface area contributed by atoms with Gasteiger partial charge >= 0.3 is 6.18 Å². The van der Waals surface area contributed by atoms with E-state index in [0.29, 0.717) is 37.9 Å². The van der Waals surface area contributed by atoms with Crippen molar-refractivity contribution < 1.29 is 22.6 Å². The minimum atomic E-state index is -4.65. The Kier molecular flexibility index (Phi) is 6.68. The number of nitrogens with one attached hydrogen (secondary N) is 1. The SMILES string of the molecule is CC(C)Oc1ncccc1Nc1cc(-c2cnc(N)cc2C(F)(F)F)nc(N2CCOCC2)n1. The van der Waals surface area contributed by atoms with Crippen LogP contribution in [0, 0.1) is 0 Å². The van der Waals surface area contributed by atoms with Crippen LogP contribution in [0.2, 0.25) is 0 Å². The number of anilines is 4. The lowest BCUT2D eigenvalue weighted by Gasteiger charge is -2.27. The molecule has 12 heteroatoms. The summed E-state index contributed by atoms with van der Waals surface area (Å²) in [6.07, 6.45) is -2.12. The van der Waals surface area contributed by atoms with Crippen molar-refractivity contribution in [2.75, 3.05) is 42.3 Å². The quantitative estimate of drug-likeness (QED) is 0.548. The number of rotatable bonds is 6. The highest BCUT2D eigenvalue weighted by atomic mass is 19.4. The molecule has 3 aromatic heterocycles. The topological polar surface area (TPSA) is 111 Å². The molecular formula is C22H24F3N7O2. The van der Waals surface area contributed by atoms with Gasteiger partial charge in [-0.1, -0.05) is 0 Å². The zero-order chi connectivity index (χ0) is 24.3. The van der Waals surface area contributed by atoms with Crippen LogP contribution in [0.1, 0.15) is 19.4 Å². The van der Waals surface area contributed by atoms with E-state index in [2.05, 4.69) is 25.3 Å². The van der Waals surface area contributed by atoms with Gasteiger partial charge in [-0.15, -0.1) is 0 Å². The Morgan fingerprint density at radius 2 is 1.91 bits per heavy atom. The first-order valence-electron chi connectivity index (χ1n) is 10.6. The molecule has 1 fully saturated rings. The number of alkyl halides is 3. The number of nitrogens with zero attached hydrogens (tertiary/aromatic N) is 5. The van der Waals surface area contributed by atoms with Crippen molar-refractivity contribution in [1.82, 2.24) is 19.9 Å². The van der Waals surface area contributed by atoms with Crippen LogP contribution < -0.4 is 20.7 Å². The molecule has 4 heterocycles. The predicted molar refractivity (Wildman–Crippen MR) is 121 cm³/mol. The van der Waals surface area contributed by atoms with Crippen molar-refractivity contribution in [3.63, 3.8) is 0 Å². The van der Waals surface area contributed by atoms with E-state index >= 15 is 0 Å². The standard InChI is InChI=1S/C22H24F3N7O2/c1-13(2)34-20-16(4-3-5-27-20)29-19-11-17(30-21(31-19)32-6-8-33-9-7-32)14-12-28-18(26)10-15(14)22(23,24)25/h3-5,10-13H,6-9H2,1-2H3,(H2,26,28)(H,29,30,31). The van der Waals surface area contributed by atoms with Crippen LogP contribution in [0.15, 0.2) is 36.7 Å². The highest BCUT2D eigenvalue weighted by Crippen LogP contribution is 2.38. The van der Waals surface area contributed by atoms with E-state index in [1.54, 1.807) is 18.3 Å². The van der Waals surface area contributed by atoms with Gasteiger partial charge in [0.1, 0.15) is 17.3 Å². The summed E-state index contributed by atoms with van der Waals surface area (Å²) >= 11 is 0. The number of morpholine rings is 1. The van der Waals surface area contributed by atoms with Crippen molar-refractivity contribution in [3.05, 3.63) is 42.2 Å². The van der Waals surface area contributed by atoms with Gasteiger partial charge in [-0.05, 0) is 32.0 Å². The second-order valence-corrected chi connectivity index (χ2v) is 7.84. The molecular weight excluding hydrogens is 451 g/mol. The van der Waals surface area contributed by atoms with Crippen molar-refractivity contribution in [1.29, 1.82) is 0 Å². The molecule has 0 amide bonds. The molecule has 0 radical (unpaired) electrons. The van der Waals surface area contributed by atoms with Gasteiger partial charge < -0.3 is 25.4 Å². The van der Waals surface area contributed by atoms with Gasteiger partial charge in [0.25, 0.3) is 0 Å². The van der Waals surface area contributed by atoms with Gasteiger partial charge in [-0.2, -0.15) is 18.2 Å². The van der Waals surface area contributed by atoms with Crippen molar-refractivity contribution in [2.24, 2.45) is 0 Å². The lowest BCUT2D eigenvalue weighted by molar-refractivity contribution is -0.137. The zero-order valence-electron chi connectivity index (χ0n) is 18.6. The van der Waals surface area contributed by atoms with Crippen molar-refractivity contribution in [2.45, 2.75) is 26.1 Å². The van der Waals surface area contributed by atoms with E-state index in [-0.39, 0.29) is 34.9 Å². The third-order valence-corrected chi connectivity index (χ3v) is 4.90. The Balaban J connectivity index is 1.81. The molecule has 1 aliphatic rings. The highest BCUT2D eigenvalue weighted by molar-refractivity contribution is 5.72. The minimum absolute atomic E-state index is 0.0500. The Hall–Kier alpha value is -3.67. The first-order chi connectivity index (χ1) is 16.2. The fraction of sp³-hybridized carbons (Fsp3) is 0.364. The van der Waals surface area contributed by atoms with Crippen molar-refractivity contribution in [3.8, 4) is 17.1 Å². The summed E-state index contributed by atoms with van der Waals surface area (Å²) in [4.78, 5) is 18.9. The fourth-order valence-corrected chi connectivity index (χ4v) is 3.39. The third kappa shape index (κ3) is 5.45. The third-order valence-electron chi connectivity index (χ3n) is 4.90. The predicted octanol–water partition coefficient (Wildman–Crippen LogP) is 3.90. The van der Waals surface area contributed by atoms with Crippen LogP contribution >= 0.6 is 0 Å². The van der Waals surface area contributed by atoms with E-state index in [1.165, 1.54) is 6.07 Å². The summed E-state index contributed by atoms with van der Waals surface area (Å²) in [5, 5.41) is 3.11. The van der Waals surface area contributed by atoms with Crippen LogP contribution in [0.4, 0.5) is 36.4 Å². The maximum absolute atomic E-state index is 13.8. The second kappa shape index (κ2) is 9.67. The number of aromatic nitrogens is 4. The molecule has 3 N–H and O–H groups in total. The first-order valence-corrected chi connectivity index (χ1v) is 10.6. The summed E-state index contributed by atoms with van der Waals surface area (Å²) in [6, 6.07) is 5.69. The van der Waals surface area contributed by atoms with Crippen LogP contribution in [0.5, 0.6) is 5.88 Å². The Bertz CT molecular complexity index is 1150. The van der Waals surface area contributed by atoms with Crippen LogP contribution in [-0.4, -0.2) is 52.3 Å². The molecule has 34 heavy (non-hydrogen) atoms. The zero-order valence-corrected chi connectivity index (χ0v) is 18.6. The van der Waals surface area contributed by atoms with E-state index in [9.17, 15) is 13.2 Å². The van der Waals surface area contributed by atoms with E-state index in [1.807, 2.05) is 18.7 Å². The molecule has 0 atom stereocenters. The van der Waals surface area contributed by atoms with Crippen LogP contribution in [-0.2, 0) is 10.9 Å². The largest absolute Gasteiger partial charge is 0.473 e. The van der Waals surface area contributed by atoms with Gasteiger partial charge in [0.15, 0.2) is 0 Å². The van der Waals surface area contributed by atoms with Gasteiger partial charge in [0, 0.05) is 37.1 Å². The van der Waals surface area contributed by atoms with Gasteiger partial charge in [0.05, 0.1) is 30.6 Å². The molecule has 0 aromatic carbocycles. The fourth-order valence-electron chi connectivity index (χ4n) is 3.39. The van der Waals surface area contributed by atoms with E-state index in [0.717, 1.165) is 12.3 Å². The lowest BCUT2D eigenvalue weighted by Crippen LogP contribution is -2.37. The maximum Gasteiger partial charge on any atom is 0.417 e. The molecule has 9 nitrogen and oxygen atoms in total. The molecule has 180 valence electrons. The molecule has 0 spiro atoms. The molecule has 4 rings (SSSR count). The number of halogens is 3. The number of ether oxygens (including phenoxy) is 2. The Morgan fingerprint density at radius 3 is 2.62 bits per heavy atom. The minimum Gasteiger partial charge on any atom is -0.473 e. The maximum atomic E-state index is 13.8. The van der Waals surface area contributed by atoms with Crippen LogP contribution in [0.3, 0.4) is 0 Å². The number of hydrogen-bond donors (Lipinski definition) is 2. The molecule has 0 saturated carbocycles. The molecule has 1 aliphatic heterocycles. The van der Waals surface area contributed by atoms with Crippen LogP contribution in [0.25, 0.3) is 11.3 Å².